The lowest BCUT2D eigenvalue weighted by Gasteiger charge is -2.29. The van der Waals surface area contributed by atoms with Crippen LogP contribution in [0.1, 0.15) is 0 Å². The van der Waals surface area contributed by atoms with E-state index in [-0.39, 0.29) is 0 Å². The summed E-state index contributed by atoms with van der Waals surface area (Å²) in [5.41, 5.74) is 15.2. The Bertz CT molecular complexity index is 3690. The Labute approximate surface area is 379 Å². The Morgan fingerprint density at radius 2 is 0.646 bits per heavy atom. The van der Waals surface area contributed by atoms with E-state index in [4.69, 9.17) is 0 Å². The molecule has 304 valence electrons. The van der Waals surface area contributed by atoms with Crippen LogP contribution in [0.4, 0.5) is 17.1 Å². The molecular formula is C64H43N. The first kappa shape index (κ1) is 38.2. The molecule has 65 heavy (non-hydrogen) atoms. The van der Waals surface area contributed by atoms with Crippen molar-refractivity contribution in [2.45, 2.75) is 0 Å². The third kappa shape index (κ3) is 7.01. The maximum absolute atomic E-state index is 2.44. The average molecular weight is 826 g/mol. The van der Waals surface area contributed by atoms with Gasteiger partial charge in [0.15, 0.2) is 0 Å². The first-order chi connectivity index (χ1) is 32.2. The van der Waals surface area contributed by atoms with E-state index in [0.29, 0.717) is 0 Å². The summed E-state index contributed by atoms with van der Waals surface area (Å²) in [7, 11) is 0. The third-order valence-electron chi connectivity index (χ3n) is 13.1. The summed E-state index contributed by atoms with van der Waals surface area (Å²) >= 11 is 0. The van der Waals surface area contributed by atoms with E-state index in [1.807, 2.05) is 0 Å². The van der Waals surface area contributed by atoms with Crippen molar-refractivity contribution < 1.29 is 0 Å². The molecule has 0 N–H and O–H groups in total. The Morgan fingerprint density at radius 1 is 0.200 bits per heavy atom. The number of nitrogens with zero attached hydrogens (tertiary/aromatic N) is 1. The van der Waals surface area contributed by atoms with Crippen LogP contribution in [0.5, 0.6) is 0 Å². The van der Waals surface area contributed by atoms with Crippen LogP contribution in [0.25, 0.3) is 98.7 Å². The molecule has 0 aliphatic rings. The van der Waals surface area contributed by atoms with Gasteiger partial charge in [0.25, 0.3) is 0 Å². The molecule has 0 saturated heterocycles. The van der Waals surface area contributed by atoms with Crippen LogP contribution in [-0.2, 0) is 0 Å². The summed E-state index contributed by atoms with van der Waals surface area (Å²) in [4.78, 5) is 2.44. The van der Waals surface area contributed by atoms with Crippen LogP contribution >= 0.6 is 0 Å². The van der Waals surface area contributed by atoms with Crippen LogP contribution in [0.2, 0.25) is 0 Å². The van der Waals surface area contributed by atoms with Crippen LogP contribution in [-0.4, -0.2) is 0 Å². The SMILES string of the molecule is c1ccc(-c2ccc(-c3cccc4ccccc34)cc2N(c2ccc(-c3cccc(-c4cccc5ccccc45)c3)cc2)c2ccc(-c3cc4ccccc4c4ccccc34)cc2)cc1. The summed E-state index contributed by atoms with van der Waals surface area (Å²) in [5.74, 6) is 0. The Kier molecular flexibility index (Phi) is 9.58. The van der Waals surface area contributed by atoms with Crippen molar-refractivity contribution in [3.05, 3.63) is 261 Å². The molecule has 1 nitrogen and oxygen atoms in total. The second-order valence-electron chi connectivity index (χ2n) is 16.9. The van der Waals surface area contributed by atoms with Crippen molar-refractivity contribution >= 4 is 60.2 Å². The molecule has 0 spiro atoms. The lowest BCUT2D eigenvalue weighted by Crippen LogP contribution is -2.11. The minimum absolute atomic E-state index is 1.08. The molecule has 0 bridgehead atoms. The van der Waals surface area contributed by atoms with Crippen molar-refractivity contribution in [2.75, 3.05) is 4.90 Å². The number of benzene rings is 12. The number of hydrogen-bond donors (Lipinski definition) is 0. The summed E-state index contributed by atoms with van der Waals surface area (Å²) < 4.78 is 0. The van der Waals surface area contributed by atoms with E-state index in [9.17, 15) is 0 Å². The molecule has 0 radical (unpaired) electrons. The Morgan fingerprint density at radius 3 is 1.31 bits per heavy atom. The van der Waals surface area contributed by atoms with Gasteiger partial charge in [-0.3, -0.25) is 0 Å². The van der Waals surface area contributed by atoms with E-state index >= 15 is 0 Å². The molecule has 0 aliphatic heterocycles. The molecule has 0 heterocycles. The van der Waals surface area contributed by atoms with Crippen LogP contribution in [0.15, 0.2) is 261 Å². The van der Waals surface area contributed by atoms with Crippen molar-refractivity contribution in [3.8, 4) is 55.6 Å². The van der Waals surface area contributed by atoms with Gasteiger partial charge in [0.05, 0.1) is 5.69 Å². The normalized spacial score (nSPS) is 11.4. The number of anilines is 3. The zero-order chi connectivity index (χ0) is 43.1. The second-order valence-corrected chi connectivity index (χ2v) is 16.9. The van der Waals surface area contributed by atoms with E-state index in [2.05, 4.69) is 266 Å². The first-order valence-corrected chi connectivity index (χ1v) is 22.4. The fourth-order valence-corrected chi connectivity index (χ4v) is 9.88. The lowest BCUT2D eigenvalue weighted by atomic mass is 9.92. The quantitative estimate of drug-likeness (QED) is 0.138. The van der Waals surface area contributed by atoms with E-state index in [1.54, 1.807) is 0 Å². The maximum Gasteiger partial charge on any atom is 0.0546 e. The summed E-state index contributed by atoms with van der Waals surface area (Å²) in [6, 6.07) is 95.3. The van der Waals surface area contributed by atoms with Gasteiger partial charge >= 0.3 is 0 Å². The van der Waals surface area contributed by atoms with Crippen LogP contribution in [0, 0.1) is 0 Å². The molecule has 0 unspecified atom stereocenters. The molecule has 0 aliphatic carbocycles. The molecule has 0 atom stereocenters. The molecule has 12 aromatic rings. The monoisotopic (exact) mass is 825 g/mol. The molecule has 12 aromatic carbocycles. The zero-order valence-corrected chi connectivity index (χ0v) is 35.8. The van der Waals surface area contributed by atoms with Gasteiger partial charge < -0.3 is 4.90 Å². The third-order valence-corrected chi connectivity index (χ3v) is 13.1. The van der Waals surface area contributed by atoms with Gasteiger partial charge in [0.1, 0.15) is 0 Å². The highest BCUT2D eigenvalue weighted by atomic mass is 15.1. The minimum Gasteiger partial charge on any atom is -0.310 e. The van der Waals surface area contributed by atoms with Gasteiger partial charge in [-0.1, -0.05) is 218 Å². The molecular weight excluding hydrogens is 783 g/mol. The molecule has 12 rings (SSSR count). The van der Waals surface area contributed by atoms with E-state index < -0.39 is 0 Å². The van der Waals surface area contributed by atoms with Crippen molar-refractivity contribution in [1.82, 2.24) is 0 Å². The van der Waals surface area contributed by atoms with Gasteiger partial charge in [-0.15, -0.1) is 0 Å². The Hall–Kier alpha value is -8.52. The molecule has 0 aromatic heterocycles. The van der Waals surface area contributed by atoms with Gasteiger partial charge in [-0.2, -0.15) is 0 Å². The lowest BCUT2D eigenvalue weighted by molar-refractivity contribution is 1.28. The molecule has 0 saturated carbocycles. The second kappa shape index (κ2) is 16.3. The van der Waals surface area contributed by atoms with E-state index in [1.165, 1.54) is 87.6 Å². The van der Waals surface area contributed by atoms with Crippen LogP contribution in [0.3, 0.4) is 0 Å². The fourth-order valence-electron chi connectivity index (χ4n) is 9.88. The van der Waals surface area contributed by atoms with Gasteiger partial charge in [-0.05, 0) is 136 Å². The van der Waals surface area contributed by atoms with Crippen molar-refractivity contribution in [1.29, 1.82) is 0 Å². The number of rotatable bonds is 8. The number of fused-ring (bicyclic) bond motifs is 5. The predicted octanol–water partition coefficient (Wildman–Crippen LogP) is 18.1. The highest BCUT2D eigenvalue weighted by Crippen LogP contribution is 2.45. The van der Waals surface area contributed by atoms with Gasteiger partial charge in [0.2, 0.25) is 0 Å². The standard InChI is InChI=1S/C64H43N/c1-2-15-47(16-3-1)60-40-35-52(58-30-14-21-46-18-5-8-25-56(46)58)43-64(60)65(54-38-33-48(34-39-54)63-42-51-19-6-9-26-59(51)61-27-10-11-28-62(61)63)53-36-31-44(32-37-53)49-22-12-23-50(41-49)57-29-13-20-45-17-4-7-24-55(45)57/h1-43H. The fraction of sp³-hybridized carbons (Fsp3) is 0. The summed E-state index contributed by atoms with van der Waals surface area (Å²) in [6.07, 6.45) is 0. The minimum atomic E-state index is 1.08. The van der Waals surface area contributed by atoms with Crippen molar-refractivity contribution in [3.63, 3.8) is 0 Å². The predicted molar refractivity (Wildman–Crippen MR) is 278 cm³/mol. The first-order valence-electron chi connectivity index (χ1n) is 22.4. The number of hydrogen-bond acceptors (Lipinski definition) is 1. The largest absolute Gasteiger partial charge is 0.310 e. The Balaban J connectivity index is 1.02. The molecule has 0 fully saturated rings. The smallest absolute Gasteiger partial charge is 0.0546 e. The van der Waals surface area contributed by atoms with Crippen molar-refractivity contribution in [2.24, 2.45) is 0 Å². The summed E-state index contributed by atoms with van der Waals surface area (Å²) in [5, 5.41) is 10.0. The maximum atomic E-state index is 2.44. The van der Waals surface area contributed by atoms with Crippen LogP contribution < -0.4 is 4.90 Å². The zero-order valence-electron chi connectivity index (χ0n) is 35.8. The van der Waals surface area contributed by atoms with Gasteiger partial charge in [-0.25, -0.2) is 0 Å². The molecule has 0 amide bonds. The average Bonchev–Trinajstić information content (AvgIpc) is 3.39. The highest BCUT2D eigenvalue weighted by Gasteiger charge is 2.20. The molecule has 1 heteroatoms. The highest BCUT2D eigenvalue weighted by molar-refractivity contribution is 6.14. The summed E-state index contributed by atoms with van der Waals surface area (Å²) in [6.45, 7) is 0. The van der Waals surface area contributed by atoms with E-state index in [0.717, 1.165) is 28.2 Å². The van der Waals surface area contributed by atoms with Gasteiger partial charge in [0, 0.05) is 16.9 Å². The topological polar surface area (TPSA) is 3.24 Å².